The predicted molar refractivity (Wildman–Crippen MR) is 89.9 cm³/mol. The molecule has 0 bridgehead atoms. The largest absolute Gasteiger partial charge is 0.310 e. The third kappa shape index (κ3) is 3.84. The normalized spacial score (nSPS) is 23.8. The van der Waals surface area contributed by atoms with Crippen LogP contribution in [-0.4, -0.2) is 29.6 Å². The van der Waals surface area contributed by atoms with Gasteiger partial charge in [0, 0.05) is 35.7 Å². The van der Waals surface area contributed by atoms with E-state index < -0.39 is 0 Å². The number of nitrogens with zero attached hydrogens (tertiary/aromatic N) is 1. The standard InChI is InChI=1S/C17H27BrN2/c1-16(2,3)15-11-20(17(4,5)12-19-15)10-13-6-8-14(18)9-7-13/h6-9,15,19H,10-12H2,1-5H3. The molecule has 1 aliphatic rings. The fraction of sp³-hybridized carbons (Fsp3) is 0.647. The zero-order valence-corrected chi connectivity index (χ0v) is 14.9. The Morgan fingerprint density at radius 3 is 2.40 bits per heavy atom. The van der Waals surface area contributed by atoms with Crippen LogP contribution in [-0.2, 0) is 6.54 Å². The van der Waals surface area contributed by atoms with E-state index in [1.54, 1.807) is 0 Å². The highest BCUT2D eigenvalue weighted by atomic mass is 79.9. The average Bonchev–Trinajstić information content (AvgIpc) is 2.33. The maximum absolute atomic E-state index is 3.73. The topological polar surface area (TPSA) is 15.3 Å². The van der Waals surface area contributed by atoms with Crippen molar-refractivity contribution in [1.29, 1.82) is 0 Å². The Kier molecular flexibility index (Phi) is 4.63. The molecule has 1 aliphatic heterocycles. The van der Waals surface area contributed by atoms with Crippen LogP contribution in [0, 0.1) is 5.41 Å². The van der Waals surface area contributed by atoms with E-state index in [4.69, 9.17) is 0 Å². The highest BCUT2D eigenvalue weighted by Crippen LogP contribution is 2.28. The quantitative estimate of drug-likeness (QED) is 0.875. The summed E-state index contributed by atoms with van der Waals surface area (Å²) in [6.45, 7) is 14.8. The van der Waals surface area contributed by atoms with Gasteiger partial charge in [-0.15, -0.1) is 0 Å². The minimum Gasteiger partial charge on any atom is -0.310 e. The predicted octanol–water partition coefficient (Wildman–Crippen LogP) is 4.05. The molecule has 0 amide bonds. The smallest absolute Gasteiger partial charge is 0.0281 e. The van der Waals surface area contributed by atoms with Crippen molar-refractivity contribution < 1.29 is 0 Å². The van der Waals surface area contributed by atoms with E-state index in [1.165, 1.54) is 5.56 Å². The highest BCUT2D eigenvalue weighted by Gasteiger charge is 2.38. The Hall–Kier alpha value is -0.380. The molecule has 1 aromatic rings. The van der Waals surface area contributed by atoms with Crippen molar-refractivity contribution in [2.24, 2.45) is 5.41 Å². The first-order valence-corrected chi connectivity index (χ1v) is 8.21. The SMILES string of the molecule is CC(C)(C)C1CN(Cc2ccc(Br)cc2)C(C)(C)CN1. The molecular formula is C17H27BrN2. The van der Waals surface area contributed by atoms with Gasteiger partial charge in [0.15, 0.2) is 0 Å². The molecule has 1 atom stereocenters. The molecule has 1 saturated heterocycles. The van der Waals surface area contributed by atoms with Gasteiger partial charge in [0.1, 0.15) is 0 Å². The maximum Gasteiger partial charge on any atom is 0.0281 e. The Balaban J connectivity index is 2.12. The van der Waals surface area contributed by atoms with Gasteiger partial charge in [-0.1, -0.05) is 48.8 Å². The Bertz CT molecular complexity index is 445. The van der Waals surface area contributed by atoms with Crippen molar-refractivity contribution >= 4 is 15.9 Å². The van der Waals surface area contributed by atoms with Crippen LogP contribution in [0.1, 0.15) is 40.2 Å². The summed E-state index contributed by atoms with van der Waals surface area (Å²) in [7, 11) is 0. The molecule has 2 rings (SSSR count). The van der Waals surface area contributed by atoms with Crippen LogP contribution in [0.3, 0.4) is 0 Å². The van der Waals surface area contributed by atoms with E-state index in [0.717, 1.165) is 24.1 Å². The van der Waals surface area contributed by atoms with Gasteiger partial charge < -0.3 is 5.32 Å². The summed E-state index contributed by atoms with van der Waals surface area (Å²) in [4.78, 5) is 2.61. The second-order valence-electron chi connectivity index (χ2n) is 7.62. The summed E-state index contributed by atoms with van der Waals surface area (Å²) in [5, 5.41) is 3.73. The molecule has 0 saturated carbocycles. The van der Waals surface area contributed by atoms with Crippen molar-refractivity contribution in [3.05, 3.63) is 34.3 Å². The van der Waals surface area contributed by atoms with Gasteiger partial charge >= 0.3 is 0 Å². The van der Waals surface area contributed by atoms with Crippen molar-refractivity contribution in [3.63, 3.8) is 0 Å². The number of hydrogen-bond donors (Lipinski definition) is 1. The van der Waals surface area contributed by atoms with Gasteiger partial charge in [0.2, 0.25) is 0 Å². The summed E-state index contributed by atoms with van der Waals surface area (Å²) in [6.07, 6.45) is 0. The van der Waals surface area contributed by atoms with Crippen molar-refractivity contribution in [2.45, 2.75) is 52.7 Å². The van der Waals surface area contributed by atoms with Crippen molar-refractivity contribution in [3.8, 4) is 0 Å². The molecule has 1 N–H and O–H groups in total. The van der Waals surface area contributed by atoms with Crippen molar-refractivity contribution in [1.82, 2.24) is 10.2 Å². The zero-order valence-electron chi connectivity index (χ0n) is 13.3. The molecule has 0 aliphatic carbocycles. The lowest BCUT2D eigenvalue weighted by Crippen LogP contribution is -2.64. The number of rotatable bonds is 2. The van der Waals surface area contributed by atoms with Gasteiger partial charge in [0.25, 0.3) is 0 Å². The first kappa shape index (κ1) is 16.0. The molecule has 20 heavy (non-hydrogen) atoms. The first-order valence-electron chi connectivity index (χ1n) is 7.41. The Morgan fingerprint density at radius 2 is 1.85 bits per heavy atom. The van der Waals surface area contributed by atoms with E-state index in [2.05, 4.69) is 85.0 Å². The monoisotopic (exact) mass is 338 g/mol. The fourth-order valence-corrected chi connectivity index (χ4v) is 2.95. The summed E-state index contributed by atoms with van der Waals surface area (Å²) < 4.78 is 1.15. The molecule has 1 unspecified atom stereocenters. The number of benzene rings is 1. The summed E-state index contributed by atoms with van der Waals surface area (Å²) in [6, 6.07) is 9.24. The third-order valence-corrected chi connectivity index (χ3v) is 4.90. The second-order valence-corrected chi connectivity index (χ2v) is 8.53. The Labute approximate surface area is 132 Å². The number of hydrogen-bond acceptors (Lipinski definition) is 2. The summed E-state index contributed by atoms with van der Waals surface area (Å²) in [5.74, 6) is 0. The zero-order chi connectivity index (χ0) is 15.0. The summed E-state index contributed by atoms with van der Waals surface area (Å²) >= 11 is 3.51. The minimum absolute atomic E-state index is 0.203. The van der Waals surface area contributed by atoms with Gasteiger partial charge in [-0.25, -0.2) is 0 Å². The third-order valence-electron chi connectivity index (χ3n) is 4.37. The van der Waals surface area contributed by atoms with E-state index >= 15 is 0 Å². The Morgan fingerprint density at radius 1 is 1.25 bits per heavy atom. The molecule has 1 aromatic carbocycles. The molecule has 0 spiro atoms. The van der Waals surface area contributed by atoms with Crippen LogP contribution in [0.4, 0.5) is 0 Å². The fourth-order valence-electron chi connectivity index (χ4n) is 2.69. The lowest BCUT2D eigenvalue weighted by Gasteiger charge is -2.49. The van der Waals surface area contributed by atoms with Crippen LogP contribution < -0.4 is 5.32 Å². The average molecular weight is 339 g/mol. The molecule has 0 radical (unpaired) electrons. The van der Waals surface area contributed by atoms with Crippen LogP contribution in [0.15, 0.2) is 28.7 Å². The van der Waals surface area contributed by atoms with Crippen LogP contribution >= 0.6 is 15.9 Å². The van der Waals surface area contributed by atoms with E-state index in [0.29, 0.717) is 11.5 Å². The van der Waals surface area contributed by atoms with Gasteiger partial charge in [-0.2, -0.15) is 0 Å². The lowest BCUT2D eigenvalue weighted by molar-refractivity contribution is 0.0295. The molecular weight excluding hydrogens is 312 g/mol. The summed E-state index contributed by atoms with van der Waals surface area (Å²) in [5.41, 5.74) is 1.89. The van der Waals surface area contributed by atoms with Crippen molar-refractivity contribution in [2.75, 3.05) is 13.1 Å². The van der Waals surface area contributed by atoms with Crippen LogP contribution in [0.2, 0.25) is 0 Å². The molecule has 1 heterocycles. The molecule has 0 aromatic heterocycles. The second kappa shape index (κ2) is 5.78. The van der Waals surface area contributed by atoms with Gasteiger partial charge in [-0.05, 0) is 37.0 Å². The first-order chi connectivity index (χ1) is 9.18. The highest BCUT2D eigenvalue weighted by molar-refractivity contribution is 9.10. The number of piperazine rings is 1. The van der Waals surface area contributed by atoms with E-state index in [-0.39, 0.29) is 5.54 Å². The maximum atomic E-state index is 3.73. The lowest BCUT2D eigenvalue weighted by atomic mass is 9.82. The van der Waals surface area contributed by atoms with E-state index in [9.17, 15) is 0 Å². The number of halogens is 1. The molecule has 3 heteroatoms. The van der Waals surface area contributed by atoms with Crippen LogP contribution in [0.25, 0.3) is 0 Å². The van der Waals surface area contributed by atoms with E-state index in [1.807, 2.05) is 0 Å². The van der Waals surface area contributed by atoms with Gasteiger partial charge in [0.05, 0.1) is 0 Å². The molecule has 112 valence electrons. The minimum atomic E-state index is 0.203. The molecule has 2 nitrogen and oxygen atoms in total. The van der Waals surface area contributed by atoms with Gasteiger partial charge in [-0.3, -0.25) is 4.90 Å². The molecule has 1 fully saturated rings. The van der Waals surface area contributed by atoms with Crippen LogP contribution in [0.5, 0.6) is 0 Å². The number of nitrogens with one attached hydrogen (secondary N) is 1.